The first-order valence-corrected chi connectivity index (χ1v) is 12.7. The fourth-order valence-corrected chi connectivity index (χ4v) is 5.93. The molecule has 0 aliphatic rings. The van der Waals surface area contributed by atoms with Crippen LogP contribution in [0.1, 0.15) is 6.92 Å². The molecule has 3 aromatic rings. The molecule has 0 fully saturated rings. The molecule has 28 heavy (non-hydrogen) atoms. The van der Waals surface area contributed by atoms with Gasteiger partial charge >= 0.3 is 0 Å². The Bertz CT molecular complexity index is 1270. The summed E-state index contributed by atoms with van der Waals surface area (Å²) in [6, 6.07) is 7.32. The molecule has 7 nitrogen and oxygen atoms in total. The van der Waals surface area contributed by atoms with Gasteiger partial charge in [-0.3, -0.25) is 4.72 Å². The number of sulfone groups is 1. The van der Waals surface area contributed by atoms with Gasteiger partial charge in [0.25, 0.3) is 10.0 Å². The lowest BCUT2D eigenvalue weighted by molar-refractivity contribution is 0.332. The first-order valence-electron chi connectivity index (χ1n) is 7.77. The number of hydrogen-bond acceptors (Lipinski definition) is 7. The number of sulfonamides is 1. The molecule has 0 spiro atoms. The predicted molar refractivity (Wildman–Crippen MR) is 111 cm³/mol. The van der Waals surface area contributed by atoms with Crippen LogP contribution in [0.4, 0.5) is 5.69 Å². The maximum atomic E-state index is 13.1. The number of ether oxygens (including phenoxy) is 1. The maximum absolute atomic E-state index is 13.1. The molecule has 150 valence electrons. The smallest absolute Gasteiger partial charge is 0.267 e. The van der Waals surface area contributed by atoms with Crippen molar-refractivity contribution in [3.8, 4) is 5.75 Å². The third-order valence-electron chi connectivity index (χ3n) is 3.52. The van der Waals surface area contributed by atoms with Crippen molar-refractivity contribution in [1.82, 2.24) is 4.98 Å². The highest BCUT2D eigenvalue weighted by molar-refractivity contribution is 7.93. The number of hydrogen-bond donors (Lipinski definition) is 1. The van der Waals surface area contributed by atoms with Crippen molar-refractivity contribution in [1.29, 1.82) is 0 Å². The third-order valence-corrected chi connectivity index (χ3v) is 8.39. The van der Waals surface area contributed by atoms with E-state index in [-0.39, 0.29) is 42.8 Å². The van der Waals surface area contributed by atoms with Crippen molar-refractivity contribution in [2.75, 3.05) is 17.6 Å². The zero-order valence-corrected chi connectivity index (χ0v) is 18.5. The van der Waals surface area contributed by atoms with Crippen LogP contribution in [0.2, 0.25) is 10.0 Å². The zero-order valence-electron chi connectivity index (χ0n) is 14.6. The SMILES string of the molecule is CCOc1ccc2sc(S(C)(=O)=O)nc2c1S(=O)(=O)Nc1ccc(Cl)c(Cl)c1. The molecule has 1 N–H and O–H groups in total. The number of benzene rings is 2. The van der Waals surface area contributed by atoms with E-state index < -0.39 is 19.9 Å². The summed E-state index contributed by atoms with van der Waals surface area (Å²) in [5.74, 6) is 0.0629. The van der Waals surface area contributed by atoms with E-state index in [9.17, 15) is 16.8 Å². The van der Waals surface area contributed by atoms with Crippen molar-refractivity contribution in [2.45, 2.75) is 16.2 Å². The lowest BCUT2D eigenvalue weighted by Gasteiger charge is -2.13. The van der Waals surface area contributed by atoms with Gasteiger partial charge in [-0.05, 0) is 37.3 Å². The normalized spacial score (nSPS) is 12.3. The summed E-state index contributed by atoms with van der Waals surface area (Å²) in [5.41, 5.74) is 0.205. The molecule has 0 radical (unpaired) electrons. The van der Waals surface area contributed by atoms with Crippen LogP contribution in [0.5, 0.6) is 5.75 Å². The van der Waals surface area contributed by atoms with Gasteiger partial charge in [0.1, 0.15) is 11.3 Å². The molecule has 0 aliphatic carbocycles. The third kappa shape index (κ3) is 4.20. The summed E-state index contributed by atoms with van der Waals surface area (Å²) < 4.78 is 58.0. The number of aromatic nitrogens is 1. The summed E-state index contributed by atoms with van der Waals surface area (Å²) in [6.07, 6.45) is 1.01. The lowest BCUT2D eigenvalue weighted by atomic mass is 10.3. The largest absolute Gasteiger partial charge is 0.492 e. The van der Waals surface area contributed by atoms with Gasteiger partial charge < -0.3 is 4.74 Å². The van der Waals surface area contributed by atoms with Crippen LogP contribution in [-0.2, 0) is 19.9 Å². The average Bonchev–Trinajstić information content (AvgIpc) is 3.02. The second-order valence-electron chi connectivity index (χ2n) is 5.66. The lowest BCUT2D eigenvalue weighted by Crippen LogP contribution is -2.15. The molecule has 3 rings (SSSR count). The molecular formula is C16H14Cl2N2O5S3. The molecule has 0 aliphatic heterocycles. The summed E-state index contributed by atoms with van der Waals surface area (Å²) in [4.78, 5) is 3.80. The summed E-state index contributed by atoms with van der Waals surface area (Å²) in [7, 11) is -7.78. The van der Waals surface area contributed by atoms with E-state index in [0.29, 0.717) is 4.70 Å². The number of halogens is 2. The van der Waals surface area contributed by atoms with Gasteiger partial charge in [0, 0.05) is 6.26 Å². The van der Waals surface area contributed by atoms with Gasteiger partial charge in [0.2, 0.25) is 14.2 Å². The topological polar surface area (TPSA) is 102 Å². The molecule has 0 unspecified atom stereocenters. The highest BCUT2D eigenvalue weighted by Crippen LogP contribution is 2.37. The standard InChI is InChI=1S/C16H14Cl2N2O5S3/c1-3-25-12-6-7-13-14(19-16(26-13)27(2,21)22)15(12)28(23,24)20-9-4-5-10(17)11(18)8-9/h4-8,20H,3H2,1-2H3. The van der Waals surface area contributed by atoms with E-state index in [1.54, 1.807) is 13.0 Å². The maximum Gasteiger partial charge on any atom is 0.267 e. The molecule has 0 bridgehead atoms. The van der Waals surface area contributed by atoms with E-state index in [4.69, 9.17) is 27.9 Å². The van der Waals surface area contributed by atoms with Gasteiger partial charge in [-0.1, -0.05) is 23.2 Å². The average molecular weight is 481 g/mol. The number of fused-ring (bicyclic) bond motifs is 1. The van der Waals surface area contributed by atoms with Crippen LogP contribution in [0.3, 0.4) is 0 Å². The minimum absolute atomic E-state index is 0.0175. The molecular weight excluding hydrogens is 467 g/mol. The molecule has 2 aromatic carbocycles. The molecule has 0 amide bonds. The molecule has 0 saturated heterocycles. The highest BCUT2D eigenvalue weighted by atomic mass is 35.5. The fourth-order valence-electron chi connectivity index (χ4n) is 2.38. The molecule has 1 heterocycles. The predicted octanol–water partition coefficient (Wildman–Crippen LogP) is 4.21. The Morgan fingerprint density at radius 2 is 1.82 bits per heavy atom. The number of anilines is 1. The second kappa shape index (κ2) is 7.68. The van der Waals surface area contributed by atoms with E-state index in [1.807, 2.05) is 0 Å². The minimum atomic E-state index is -4.18. The van der Waals surface area contributed by atoms with Crippen molar-refractivity contribution in [3.63, 3.8) is 0 Å². The van der Waals surface area contributed by atoms with Crippen molar-refractivity contribution < 1.29 is 21.6 Å². The Hall–Kier alpha value is -1.59. The van der Waals surface area contributed by atoms with E-state index >= 15 is 0 Å². The van der Waals surface area contributed by atoms with Gasteiger partial charge in [0.05, 0.1) is 27.0 Å². The van der Waals surface area contributed by atoms with Gasteiger partial charge in [-0.25, -0.2) is 21.8 Å². The van der Waals surface area contributed by atoms with Gasteiger partial charge in [-0.2, -0.15) is 0 Å². The first kappa shape index (κ1) is 21.1. The minimum Gasteiger partial charge on any atom is -0.492 e. The Labute approximate surface area is 176 Å². The van der Waals surface area contributed by atoms with Crippen molar-refractivity contribution in [2.24, 2.45) is 0 Å². The van der Waals surface area contributed by atoms with E-state index in [2.05, 4.69) is 9.71 Å². The number of nitrogens with zero attached hydrogens (tertiary/aromatic N) is 1. The highest BCUT2D eigenvalue weighted by Gasteiger charge is 2.27. The van der Waals surface area contributed by atoms with Crippen molar-refractivity contribution in [3.05, 3.63) is 40.4 Å². The first-order chi connectivity index (χ1) is 13.0. The monoisotopic (exact) mass is 480 g/mol. The quantitative estimate of drug-likeness (QED) is 0.566. The molecule has 0 atom stereocenters. The van der Waals surface area contributed by atoms with Crippen molar-refractivity contribution >= 4 is 70.3 Å². The number of thiazole rings is 1. The van der Waals surface area contributed by atoms with Gasteiger partial charge in [0.15, 0.2) is 4.90 Å². The molecule has 1 aromatic heterocycles. The summed E-state index contributed by atoms with van der Waals surface area (Å²) in [5, 5.41) is 0.456. The Kier molecular flexibility index (Phi) is 5.79. The number of rotatable bonds is 6. The van der Waals surface area contributed by atoms with Crippen LogP contribution in [-0.4, -0.2) is 34.7 Å². The summed E-state index contributed by atoms with van der Waals surface area (Å²) in [6.45, 7) is 1.92. The fraction of sp³-hybridized carbons (Fsp3) is 0.188. The van der Waals surface area contributed by atoms with Crippen LogP contribution >= 0.6 is 34.5 Å². The molecule has 12 heteroatoms. The van der Waals surface area contributed by atoms with Crippen LogP contribution in [0, 0.1) is 0 Å². The van der Waals surface area contributed by atoms with Gasteiger partial charge in [-0.15, -0.1) is 11.3 Å². The van der Waals surface area contributed by atoms with E-state index in [1.165, 1.54) is 24.3 Å². The molecule has 0 saturated carbocycles. The summed E-state index contributed by atoms with van der Waals surface area (Å²) >= 11 is 12.7. The van der Waals surface area contributed by atoms with Crippen LogP contribution in [0.25, 0.3) is 10.2 Å². The van der Waals surface area contributed by atoms with Crippen LogP contribution in [0.15, 0.2) is 39.6 Å². The Morgan fingerprint density at radius 3 is 2.43 bits per heavy atom. The second-order valence-corrected chi connectivity index (χ2v) is 11.3. The Balaban J connectivity index is 2.21. The number of nitrogens with one attached hydrogen (secondary N) is 1. The zero-order chi connectivity index (χ0) is 20.7. The van der Waals surface area contributed by atoms with E-state index in [0.717, 1.165) is 17.6 Å². The van der Waals surface area contributed by atoms with Crippen LogP contribution < -0.4 is 9.46 Å². The Morgan fingerprint density at radius 1 is 1.11 bits per heavy atom.